The monoisotopic (exact) mass is 302 g/mol. The zero-order valence-corrected chi connectivity index (χ0v) is 12.7. The Morgan fingerprint density at radius 3 is 2.47 bits per heavy atom. The summed E-state index contributed by atoms with van der Waals surface area (Å²) < 4.78 is 0. The van der Waals surface area contributed by atoms with Gasteiger partial charge in [-0.2, -0.15) is 0 Å². The highest BCUT2D eigenvalue weighted by Gasteiger charge is 2.14. The zero-order valence-electron chi connectivity index (χ0n) is 11.2. The summed E-state index contributed by atoms with van der Waals surface area (Å²) in [5, 5.41) is 10.9. The number of benzene rings is 1. The van der Waals surface area contributed by atoms with E-state index in [4.69, 9.17) is 23.2 Å². The van der Waals surface area contributed by atoms with E-state index < -0.39 is 0 Å². The second-order valence-electron chi connectivity index (χ2n) is 5.13. The number of rotatable bonds is 4. The number of phenols is 1. The maximum atomic E-state index is 9.85. The Labute approximate surface area is 124 Å². The molecule has 0 bridgehead atoms. The van der Waals surface area contributed by atoms with Crippen LogP contribution in [0.5, 0.6) is 5.75 Å². The summed E-state index contributed by atoms with van der Waals surface area (Å²) in [5.41, 5.74) is 0.806. The van der Waals surface area contributed by atoms with Crippen LogP contribution in [0.2, 0.25) is 10.0 Å². The smallest absolute Gasteiger partial charge is 0.121 e. The number of phenolic OH excluding ortho intramolecular Hbond substituents is 1. The Balaban J connectivity index is 1.83. The molecule has 3 nitrogen and oxygen atoms in total. The topological polar surface area (TPSA) is 26.7 Å². The fourth-order valence-corrected chi connectivity index (χ4v) is 2.97. The minimum absolute atomic E-state index is 0.205. The Hall–Kier alpha value is -0.480. The van der Waals surface area contributed by atoms with Crippen LogP contribution in [0, 0.1) is 0 Å². The molecule has 1 saturated heterocycles. The third-order valence-electron chi connectivity index (χ3n) is 3.63. The molecule has 0 atom stereocenters. The summed E-state index contributed by atoms with van der Waals surface area (Å²) >= 11 is 11.9. The maximum absolute atomic E-state index is 9.85. The van der Waals surface area contributed by atoms with Crippen LogP contribution in [0.25, 0.3) is 0 Å². The summed E-state index contributed by atoms with van der Waals surface area (Å²) in [6, 6.07) is 3.24. The number of piperazine rings is 1. The highest BCUT2D eigenvalue weighted by atomic mass is 35.5. The van der Waals surface area contributed by atoms with Crippen LogP contribution in [-0.4, -0.2) is 54.7 Å². The van der Waals surface area contributed by atoms with Gasteiger partial charge in [0.15, 0.2) is 0 Å². The van der Waals surface area contributed by atoms with Gasteiger partial charge in [-0.05, 0) is 38.6 Å². The normalized spacial score (nSPS) is 17.8. The summed E-state index contributed by atoms with van der Waals surface area (Å²) in [6.07, 6.45) is 1.78. The standard InChI is InChI=1S/C14H20Cl2N2O/c1-17-5-7-18(8-6-17)4-2-3-12-13(16)9-11(15)10-14(12)19/h9-10,19H,2-8H2,1H3. The van der Waals surface area contributed by atoms with Crippen molar-refractivity contribution in [2.45, 2.75) is 12.8 Å². The van der Waals surface area contributed by atoms with Crippen molar-refractivity contribution in [3.05, 3.63) is 27.7 Å². The molecule has 0 aromatic heterocycles. The van der Waals surface area contributed by atoms with Crippen LogP contribution in [0.15, 0.2) is 12.1 Å². The quantitative estimate of drug-likeness (QED) is 0.926. The fraction of sp³-hybridized carbons (Fsp3) is 0.571. The lowest BCUT2D eigenvalue weighted by Gasteiger charge is -2.32. The first-order valence-corrected chi connectivity index (χ1v) is 7.39. The van der Waals surface area contributed by atoms with Crippen LogP contribution in [0.3, 0.4) is 0 Å². The van der Waals surface area contributed by atoms with Crippen molar-refractivity contribution < 1.29 is 5.11 Å². The van der Waals surface area contributed by atoms with Crippen molar-refractivity contribution in [2.75, 3.05) is 39.8 Å². The van der Waals surface area contributed by atoms with Crippen LogP contribution >= 0.6 is 23.2 Å². The van der Waals surface area contributed by atoms with E-state index in [0.717, 1.165) is 51.1 Å². The molecule has 1 aromatic rings. The van der Waals surface area contributed by atoms with E-state index in [9.17, 15) is 5.11 Å². The molecule has 0 spiro atoms. The van der Waals surface area contributed by atoms with E-state index in [2.05, 4.69) is 16.8 Å². The minimum atomic E-state index is 0.205. The lowest BCUT2D eigenvalue weighted by atomic mass is 10.1. The Kier molecular flexibility index (Phi) is 5.34. The van der Waals surface area contributed by atoms with E-state index in [1.54, 1.807) is 12.1 Å². The van der Waals surface area contributed by atoms with Crippen molar-refractivity contribution in [3.63, 3.8) is 0 Å². The second kappa shape index (κ2) is 6.80. The SMILES string of the molecule is CN1CCN(CCCc2c(O)cc(Cl)cc2Cl)CC1. The van der Waals surface area contributed by atoms with Gasteiger partial charge in [-0.1, -0.05) is 23.2 Å². The third kappa shape index (κ3) is 4.25. The van der Waals surface area contributed by atoms with Gasteiger partial charge >= 0.3 is 0 Å². The Morgan fingerprint density at radius 1 is 1.16 bits per heavy atom. The average molecular weight is 303 g/mol. The largest absolute Gasteiger partial charge is 0.508 e. The summed E-state index contributed by atoms with van der Waals surface area (Å²) in [6.45, 7) is 5.56. The molecule has 5 heteroatoms. The molecule has 0 aliphatic carbocycles. The lowest BCUT2D eigenvalue weighted by Crippen LogP contribution is -2.44. The van der Waals surface area contributed by atoms with Gasteiger partial charge in [0.05, 0.1) is 0 Å². The van der Waals surface area contributed by atoms with Gasteiger partial charge in [0.25, 0.3) is 0 Å². The first-order chi connectivity index (χ1) is 9.06. The molecule has 19 heavy (non-hydrogen) atoms. The molecule has 1 N–H and O–H groups in total. The van der Waals surface area contributed by atoms with Gasteiger partial charge in [-0.25, -0.2) is 0 Å². The molecule has 1 fully saturated rings. The van der Waals surface area contributed by atoms with E-state index in [1.807, 2.05) is 0 Å². The van der Waals surface area contributed by atoms with Crippen LogP contribution < -0.4 is 0 Å². The number of aromatic hydroxyl groups is 1. The van der Waals surface area contributed by atoms with Gasteiger partial charge in [0, 0.05) is 41.8 Å². The Morgan fingerprint density at radius 2 is 1.84 bits per heavy atom. The number of nitrogens with zero attached hydrogens (tertiary/aromatic N) is 2. The van der Waals surface area contributed by atoms with Gasteiger partial charge in [-0.15, -0.1) is 0 Å². The van der Waals surface area contributed by atoms with E-state index in [-0.39, 0.29) is 5.75 Å². The minimum Gasteiger partial charge on any atom is -0.508 e. The van der Waals surface area contributed by atoms with Gasteiger partial charge in [0.1, 0.15) is 5.75 Å². The van der Waals surface area contributed by atoms with Crippen LogP contribution in [0.4, 0.5) is 0 Å². The van der Waals surface area contributed by atoms with E-state index in [1.165, 1.54) is 0 Å². The predicted molar refractivity (Wildman–Crippen MR) is 80.4 cm³/mol. The molecular weight excluding hydrogens is 283 g/mol. The van der Waals surface area contributed by atoms with Gasteiger partial charge in [0.2, 0.25) is 0 Å². The highest BCUT2D eigenvalue weighted by Crippen LogP contribution is 2.30. The molecule has 106 valence electrons. The van der Waals surface area contributed by atoms with Crippen molar-refractivity contribution in [1.82, 2.24) is 9.80 Å². The van der Waals surface area contributed by atoms with Gasteiger partial charge in [-0.3, -0.25) is 0 Å². The fourth-order valence-electron chi connectivity index (χ4n) is 2.39. The number of likely N-dealkylation sites (N-methyl/N-ethyl adjacent to an activating group) is 1. The van der Waals surface area contributed by atoms with Crippen LogP contribution in [-0.2, 0) is 6.42 Å². The molecule has 1 heterocycles. The molecule has 1 aromatic carbocycles. The van der Waals surface area contributed by atoms with E-state index in [0.29, 0.717) is 10.0 Å². The third-order valence-corrected chi connectivity index (χ3v) is 4.19. The first kappa shape index (κ1) is 14.9. The summed E-state index contributed by atoms with van der Waals surface area (Å²) in [7, 11) is 2.16. The van der Waals surface area contributed by atoms with Crippen molar-refractivity contribution in [3.8, 4) is 5.75 Å². The van der Waals surface area contributed by atoms with Gasteiger partial charge < -0.3 is 14.9 Å². The summed E-state index contributed by atoms with van der Waals surface area (Å²) in [5.74, 6) is 0.205. The molecule has 2 rings (SSSR count). The van der Waals surface area contributed by atoms with Crippen molar-refractivity contribution >= 4 is 23.2 Å². The van der Waals surface area contributed by atoms with Crippen molar-refractivity contribution in [2.24, 2.45) is 0 Å². The number of halogens is 2. The van der Waals surface area contributed by atoms with Crippen molar-refractivity contribution in [1.29, 1.82) is 0 Å². The molecule has 1 aliphatic heterocycles. The average Bonchev–Trinajstić information content (AvgIpc) is 2.34. The number of hydrogen-bond donors (Lipinski definition) is 1. The predicted octanol–water partition coefficient (Wildman–Crippen LogP) is 2.88. The molecular formula is C14H20Cl2N2O. The highest BCUT2D eigenvalue weighted by molar-refractivity contribution is 6.35. The molecule has 1 aliphatic rings. The molecule has 0 saturated carbocycles. The van der Waals surface area contributed by atoms with Crippen LogP contribution in [0.1, 0.15) is 12.0 Å². The first-order valence-electron chi connectivity index (χ1n) is 6.64. The number of hydrogen-bond acceptors (Lipinski definition) is 3. The molecule has 0 unspecified atom stereocenters. The van der Waals surface area contributed by atoms with E-state index >= 15 is 0 Å². The summed E-state index contributed by atoms with van der Waals surface area (Å²) in [4.78, 5) is 4.80. The second-order valence-corrected chi connectivity index (χ2v) is 5.98. The Bertz CT molecular complexity index is 408. The maximum Gasteiger partial charge on any atom is 0.121 e. The zero-order chi connectivity index (χ0) is 13.8. The lowest BCUT2D eigenvalue weighted by molar-refractivity contribution is 0.153. The molecule has 0 radical (unpaired) electrons. The molecule has 0 amide bonds.